The molecule has 1 atom stereocenters. The van der Waals surface area contributed by atoms with Crippen molar-refractivity contribution < 1.29 is 4.74 Å². The standard InChI is InChI=1S/C6H12ClNO.ClH/c1-2-8-3-4-9-6(7)5-8;/h6H,2-5H2,1H3;1H. The van der Waals surface area contributed by atoms with Gasteiger partial charge in [0.1, 0.15) is 5.56 Å². The second-order valence-corrected chi connectivity index (χ2v) is 2.66. The van der Waals surface area contributed by atoms with E-state index >= 15 is 0 Å². The van der Waals surface area contributed by atoms with Crippen molar-refractivity contribution in [3.05, 3.63) is 0 Å². The average Bonchev–Trinajstić information content (AvgIpc) is 1.88. The van der Waals surface area contributed by atoms with Crippen LogP contribution in [0, 0.1) is 0 Å². The van der Waals surface area contributed by atoms with Gasteiger partial charge in [-0.1, -0.05) is 18.5 Å². The smallest absolute Gasteiger partial charge is 0.143 e. The van der Waals surface area contributed by atoms with Crippen LogP contribution in [0.3, 0.4) is 0 Å². The SMILES string of the molecule is CCN1CCOC(Cl)C1.Cl. The van der Waals surface area contributed by atoms with E-state index in [0.29, 0.717) is 0 Å². The number of likely N-dealkylation sites (N-methyl/N-ethyl adjacent to an activating group) is 1. The molecule has 0 amide bonds. The van der Waals surface area contributed by atoms with E-state index in [1.807, 2.05) is 0 Å². The second kappa shape index (κ2) is 5.19. The van der Waals surface area contributed by atoms with Gasteiger partial charge in [0.25, 0.3) is 0 Å². The largest absolute Gasteiger partial charge is 0.360 e. The summed E-state index contributed by atoms with van der Waals surface area (Å²) < 4.78 is 5.13. The molecule has 1 aliphatic heterocycles. The van der Waals surface area contributed by atoms with Gasteiger partial charge in [-0.2, -0.15) is 0 Å². The van der Waals surface area contributed by atoms with E-state index in [0.717, 1.165) is 26.2 Å². The Morgan fingerprint density at radius 3 is 2.80 bits per heavy atom. The molecule has 62 valence electrons. The van der Waals surface area contributed by atoms with Crippen molar-refractivity contribution in [3.8, 4) is 0 Å². The van der Waals surface area contributed by atoms with Gasteiger partial charge in [-0.25, -0.2) is 0 Å². The minimum atomic E-state index is -0.0845. The van der Waals surface area contributed by atoms with Crippen LogP contribution in [0.1, 0.15) is 6.92 Å². The molecule has 1 saturated heterocycles. The Bertz CT molecular complexity index is 91.8. The fraction of sp³-hybridized carbons (Fsp3) is 1.00. The lowest BCUT2D eigenvalue weighted by Crippen LogP contribution is -2.39. The number of ether oxygens (including phenoxy) is 1. The highest BCUT2D eigenvalue weighted by Gasteiger charge is 2.15. The third kappa shape index (κ3) is 3.06. The summed E-state index contributed by atoms with van der Waals surface area (Å²) >= 11 is 5.73. The third-order valence-corrected chi connectivity index (χ3v) is 1.82. The van der Waals surface area contributed by atoms with Gasteiger partial charge in [-0.3, -0.25) is 4.90 Å². The molecule has 0 aromatic carbocycles. The highest BCUT2D eigenvalue weighted by Crippen LogP contribution is 2.06. The first-order valence-electron chi connectivity index (χ1n) is 3.31. The maximum atomic E-state index is 5.73. The quantitative estimate of drug-likeness (QED) is 0.572. The number of hydrogen-bond donors (Lipinski definition) is 0. The van der Waals surface area contributed by atoms with Crippen molar-refractivity contribution in [2.75, 3.05) is 26.2 Å². The molecule has 0 N–H and O–H groups in total. The number of morpholine rings is 1. The number of alkyl halides is 1. The lowest BCUT2D eigenvalue weighted by Gasteiger charge is -2.28. The zero-order chi connectivity index (χ0) is 6.69. The van der Waals surface area contributed by atoms with E-state index in [1.165, 1.54) is 0 Å². The summed E-state index contributed by atoms with van der Waals surface area (Å²) in [7, 11) is 0. The Kier molecular flexibility index (Phi) is 5.45. The van der Waals surface area contributed by atoms with Crippen molar-refractivity contribution in [3.63, 3.8) is 0 Å². The van der Waals surface area contributed by atoms with Gasteiger partial charge in [0.05, 0.1) is 6.61 Å². The molecule has 0 aliphatic carbocycles. The lowest BCUT2D eigenvalue weighted by atomic mass is 10.4. The summed E-state index contributed by atoms with van der Waals surface area (Å²) in [5.41, 5.74) is -0.0845. The van der Waals surface area contributed by atoms with Crippen LogP contribution in [0.5, 0.6) is 0 Å². The molecule has 4 heteroatoms. The topological polar surface area (TPSA) is 12.5 Å². The van der Waals surface area contributed by atoms with Crippen LogP contribution in [0.4, 0.5) is 0 Å². The van der Waals surface area contributed by atoms with E-state index in [4.69, 9.17) is 16.3 Å². The molecule has 1 rings (SSSR count). The predicted molar refractivity (Wildman–Crippen MR) is 45.0 cm³/mol. The molecule has 0 bridgehead atoms. The summed E-state index contributed by atoms with van der Waals surface area (Å²) in [4.78, 5) is 2.28. The lowest BCUT2D eigenvalue weighted by molar-refractivity contribution is 0.0164. The van der Waals surface area contributed by atoms with Gasteiger partial charge in [0.15, 0.2) is 0 Å². The third-order valence-electron chi connectivity index (χ3n) is 1.56. The van der Waals surface area contributed by atoms with Crippen LogP contribution in [0.25, 0.3) is 0 Å². The molecule has 1 unspecified atom stereocenters. The zero-order valence-corrected chi connectivity index (χ0v) is 7.62. The Morgan fingerprint density at radius 2 is 2.40 bits per heavy atom. The summed E-state index contributed by atoms with van der Waals surface area (Å²) in [5.74, 6) is 0. The average molecular weight is 186 g/mol. The fourth-order valence-corrected chi connectivity index (χ4v) is 1.23. The van der Waals surface area contributed by atoms with Crippen LogP contribution < -0.4 is 0 Å². The minimum Gasteiger partial charge on any atom is -0.360 e. The molecule has 0 radical (unpaired) electrons. The summed E-state index contributed by atoms with van der Waals surface area (Å²) in [6.07, 6.45) is 0. The van der Waals surface area contributed by atoms with Gasteiger partial charge >= 0.3 is 0 Å². The molecule has 0 spiro atoms. The first kappa shape index (κ1) is 10.5. The first-order valence-corrected chi connectivity index (χ1v) is 3.74. The number of rotatable bonds is 1. The normalized spacial score (nSPS) is 27.6. The molecule has 0 aromatic heterocycles. The Morgan fingerprint density at radius 1 is 1.70 bits per heavy atom. The van der Waals surface area contributed by atoms with Crippen LogP contribution >= 0.6 is 24.0 Å². The second-order valence-electron chi connectivity index (χ2n) is 2.17. The van der Waals surface area contributed by atoms with Gasteiger partial charge in [0, 0.05) is 13.1 Å². The van der Waals surface area contributed by atoms with Crippen LogP contribution in [0.2, 0.25) is 0 Å². The van der Waals surface area contributed by atoms with Crippen molar-refractivity contribution in [1.29, 1.82) is 0 Å². The fourth-order valence-electron chi connectivity index (χ4n) is 0.944. The number of halogens is 2. The monoisotopic (exact) mass is 185 g/mol. The maximum Gasteiger partial charge on any atom is 0.143 e. The maximum absolute atomic E-state index is 5.73. The van der Waals surface area contributed by atoms with Crippen LogP contribution in [-0.2, 0) is 4.74 Å². The minimum absolute atomic E-state index is 0. The van der Waals surface area contributed by atoms with Gasteiger partial charge in [-0.15, -0.1) is 12.4 Å². The van der Waals surface area contributed by atoms with Crippen molar-refractivity contribution >= 4 is 24.0 Å². The van der Waals surface area contributed by atoms with Crippen LogP contribution in [0.15, 0.2) is 0 Å². The summed E-state index contributed by atoms with van der Waals surface area (Å²) in [6.45, 7) is 5.89. The van der Waals surface area contributed by atoms with E-state index in [9.17, 15) is 0 Å². The Balaban J connectivity index is 0.000000810. The molecule has 1 heterocycles. The van der Waals surface area contributed by atoms with E-state index in [-0.39, 0.29) is 18.0 Å². The van der Waals surface area contributed by atoms with Gasteiger partial charge in [0.2, 0.25) is 0 Å². The Labute approximate surface area is 72.9 Å². The van der Waals surface area contributed by atoms with Crippen molar-refractivity contribution in [2.45, 2.75) is 12.5 Å². The molecule has 1 fully saturated rings. The number of hydrogen-bond acceptors (Lipinski definition) is 2. The molecule has 0 saturated carbocycles. The highest BCUT2D eigenvalue weighted by atomic mass is 35.5. The molecule has 1 aliphatic rings. The predicted octanol–water partition coefficient (Wildman–Crippen LogP) is 1.33. The first-order chi connectivity index (χ1) is 4.33. The van der Waals surface area contributed by atoms with E-state index < -0.39 is 0 Å². The van der Waals surface area contributed by atoms with Crippen molar-refractivity contribution in [1.82, 2.24) is 4.90 Å². The van der Waals surface area contributed by atoms with Gasteiger partial charge in [-0.05, 0) is 6.54 Å². The summed E-state index contributed by atoms with van der Waals surface area (Å²) in [5, 5.41) is 0. The number of nitrogens with zero attached hydrogens (tertiary/aromatic N) is 1. The Hall–Kier alpha value is 0.500. The summed E-state index contributed by atoms with van der Waals surface area (Å²) in [6, 6.07) is 0. The van der Waals surface area contributed by atoms with Crippen LogP contribution in [-0.4, -0.2) is 36.7 Å². The van der Waals surface area contributed by atoms with Crippen molar-refractivity contribution in [2.24, 2.45) is 0 Å². The molecular weight excluding hydrogens is 173 g/mol. The molecule has 0 aromatic rings. The molecular formula is C6H13Cl2NO. The van der Waals surface area contributed by atoms with E-state index in [1.54, 1.807) is 0 Å². The zero-order valence-electron chi connectivity index (χ0n) is 6.05. The molecule has 10 heavy (non-hydrogen) atoms. The molecule has 2 nitrogen and oxygen atoms in total. The highest BCUT2D eigenvalue weighted by molar-refractivity contribution is 6.19. The van der Waals surface area contributed by atoms with E-state index in [2.05, 4.69) is 11.8 Å². The van der Waals surface area contributed by atoms with Gasteiger partial charge < -0.3 is 4.74 Å².